The van der Waals surface area contributed by atoms with Gasteiger partial charge in [-0.3, -0.25) is 0 Å². The van der Waals surface area contributed by atoms with Gasteiger partial charge in [0.1, 0.15) is 0 Å². The van der Waals surface area contributed by atoms with E-state index in [1.807, 2.05) is 24.3 Å². The molecule has 1 N–H and O–H groups in total. The Morgan fingerprint density at radius 1 is 1.16 bits per heavy atom. The summed E-state index contributed by atoms with van der Waals surface area (Å²) in [7, 11) is 0. The highest BCUT2D eigenvalue weighted by Gasteiger charge is 2.25. The highest BCUT2D eigenvalue weighted by atomic mass is 32.2. The van der Waals surface area contributed by atoms with E-state index in [-0.39, 0.29) is 6.42 Å². The van der Waals surface area contributed by atoms with Crippen LogP contribution in [0.3, 0.4) is 0 Å². The molecule has 108 valence electrons. The van der Waals surface area contributed by atoms with E-state index in [1.165, 1.54) is 17.3 Å². The third-order valence-electron chi connectivity index (χ3n) is 2.51. The molecular weight excluding hydrogens is 271 g/mol. The molecule has 0 spiro atoms. The molecule has 0 fully saturated rings. The van der Waals surface area contributed by atoms with Gasteiger partial charge in [0.25, 0.3) is 0 Å². The molecule has 0 aliphatic heterocycles. The largest absolute Gasteiger partial charge is 0.389 e. The predicted molar refractivity (Wildman–Crippen MR) is 74.4 cm³/mol. The summed E-state index contributed by atoms with van der Waals surface area (Å²) in [6.07, 6.45) is -4.56. The van der Waals surface area contributed by atoms with Crippen molar-refractivity contribution in [2.45, 2.75) is 50.3 Å². The molecule has 1 aromatic rings. The van der Waals surface area contributed by atoms with Gasteiger partial charge >= 0.3 is 6.18 Å². The Kier molecular flexibility index (Phi) is 6.72. The number of halogens is 3. The minimum absolute atomic E-state index is 0.171. The first kappa shape index (κ1) is 16.4. The molecule has 0 unspecified atom stereocenters. The fraction of sp³-hybridized carbons (Fsp3) is 0.571. The Bertz CT molecular complexity index is 360. The number of hydrogen-bond acceptors (Lipinski definition) is 2. The number of hydrogen-bond donors (Lipinski definition) is 1. The monoisotopic (exact) mass is 291 g/mol. The Morgan fingerprint density at radius 3 is 2.32 bits per heavy atom. The predicted octanol–water partition coefficient (Wildman–Crippen LogP) is 4.62. The van der Waals surface area contributed by atoms with Crippen LogP contribution < -0.4 is 5.32 Å². The SMILES string of the molecule is CC(C)NCc1ccc(SCCCC(F)(F)F)cc1. The fourth-order valence-electron chi connectivity index (χ4n) is 1.49. The van der Waals surface area contributed by atoms with Crippen molar-refractivity contribution in [3.63, 3.8) is 0 Å². The summed E-state index contributed by atoms with van der Waals surface area (Å²) >= 11 is 1.47. The molecule has 0 aromatic heterocycles. The number of benzene rings is 1. The first-order valence-corrected chi connectivity index (χ1v) is 7.37. The van der Waals surface area contributed by atoms with Gasteiger partial charge in [0.05, 0.1) is 0 Å². The maximum Gasteiger partial charge on any atom is 0.389 e. The van der Waals surface area contributed by atoms with Crippen molar-refractivity contribution in [3.8, 4) is 0 Å². The molecule has 1 rings (SSSR count). The quantitative estimate of drug-likeness (QED) is 0.581. The zero-order valence-corrected chi connectivity index (χ0v) is 12.1. The molecule has 0 amide bonds. The summed E-state index contributed by atoms with van der Waals surface area (Å²) in [5, 5.41) is 3.32. The van der Waals surface area contributed by atoms with Crippen LogP contribution in [0, 0.1) is 0 Å². The number of thioether (sulfide) groups is 1. The Hall–Kier alpha value is -0.680. The molecule has 0 heterocycles. The van der Waals surface area contributed by atoms with E-state index >= 15 is 0 Å². The minimum atomic E-state index is -4.03. The van der Waals surface area contributed by atoms with Crippen LogP contribution in [-0.2, 0) is 6.54 Å². The van der Waals surface area contributed by atoms with Gasteiger partial charge in [0.15, 0.2) is 0 Å². The number of nitrogens with one attached hydrogen (secondary N) is 1. The molecule has 0 radical (unpaired) electrons. The van der Waals surface area contributed by atoms with Crippen molar-refractivity contribution in [2.24, 2.45) is 0 Å². The second-order valence-corrected chi connectivity index (χ2v) is 5.92. The second-order valence-electron chi connectivity index (χ2n) is 4.75. The maximum absolute atomic E-state index is 12.0. The van der Waals surface area contributed by atoms with Crippen molar-refractivity contribution in [1.82, 2.24) is 5.32 Å². The van der Waals surface area contributed by atoms with Crippen LogP contribution in [0.5, 0.6) is 0 Å². The van der Waals surface area contributed by atoms with Gasteiger partial charge in [-0.05, 0) is 29.9 Å². The van der Waals surface area contributed by atoms with E-state index in [2.05, 4.69) is 19.2 Å². The lowest BCUT2D eigenvalue weighted by Gasteiger charge is -2.09. The van der Waals surface area contributed by atoms with Crippen molar-refractivity contribution >= 4 is 11.8 Å². The zero-order valence-electron chi connectivity index (χ0n) is 11.3. The summed E-state index contributed by atoms with van der Waals surface area (Å²) in [5.41, 5.74) is 1.19. The molecule has 0 saturated carbocycles. The van der Waals surface area contributed by atoms with Crippen LogP contribution in [0.25, 0.3) is 0 Å². The third kappa shape index (κ3) is 8.16. The van der Waals surface area contributed by atoms with Gasteiger partial charge in [-0.1, -0.05) is 26.0 Å². The van der Waals surface area contributed by atoms with Gasteiger partial charge in [-0.15, -0.1) is 11.8 Å². The van der Waals surface area contributed by atoms with E-state index < -0.39 is 12.6 Å². The molecule has 1 aromatic carbocycles. The fourth-order valence-corrected chi connectivity index (χ4v) is 2.34. The normalized spacial score (nSPS) is 12.1. The van der Waals surface area contributed by atoms with Crippen molar-refractivity contribution in [3.05, 3.63) is 29.8 Å². The van der Waals surface area contributed by atoms with Gasteiger partial charge in [0.2, 0.25) is 0 Å². The van der Waals surface area contributed by atoms with Crippen molar-refractivity contribution < 1.29 is 13.2 Å². The van der Waals surface area contributed by atoms with E-state index in [0.717, 1.165) is 11.4 Å². The van der Waals surface area contributed by atoms with E-state index in [9.17, 15) is 13.2 Å². The molecule has 0 aliphatic carbocycles. The maximum atomic E-state index is 12.0. The molecule has 0 atom stereocenters. The van der Waals surface area contributed by atoms with Crippen LogP contribution in [0.4, 0.5) is 13.2 Å². The average molecular weight is 291 g/mol. The molecule has 0 saturated heterocycles. The van der Waals surface area contributed by atoms with Crippen LogP contribution in [0.2, 0.25) is 0 Å². The zero-order chi connectivity index (χ0) is 14.3. The van der Waals surface area contributed by atoms with Gasteiger partial charge in [0, 0.05) is 23.9 Å². The second kappa shape index (κ2) is 7.80. The molecule has 0 bridgehead atoms. The van der Waals surface area contributed by atoms with Crippen molar-refractivity contribution in [1.29, 1.82) is 0 Å². The average Bonchev–Trinajstić information content (AvgIpc) is 2.32. The summed E-state index contributed by atoms with van der Waals surface area (Å²) in [4.78, 5) is 1.02. The van der Waals surface area contributed by atoms with Gasteiger partial charge < -0.3 is 5.32 Å². The number of rotatable bonds is 7. The highest BCUT2D eigenvalue weighted by molar-refractivity contribution is 7.99. The van der Waals surface area contributed by atoms with Crippen LogP contribution in [0.15, 0.2) is 29.2 Å². The number of alkyl halides is 3. The third-order valence-corrected chi connectivity index (χ3v) is 3.61. The van der Waals surface area contributed by atoms with Crippen LogP contribution in [-0.4, -0.2) is 18.0 Å². The Balaban J connectivity index is 2.28. The van der Waals surface area contributed by atoms with E-state index in [0.29, 0.717) is 11.8 Å². The van der Waals surface area contributed by atoms with Crippen LogP contribution >= 0.6 is 11.8 Å². The first-order valence-electron chi connectivity index (χ1n) is 6.39. The van der Waals surface area contributed by atoms with Gasteiger partial charge in [-0.25, -0.2) is 0 Å². The summed E-state index contributed by atoms with van der Waals surface area (Å²) in [5.74, 6) is 0.503. The summed E-state index contributed by atoms with van der Waals surface area (Å²) in [6.45, 7) is 4.99. The molecule has 1 nitrogen and oxygen atoms in total. The Morgan fingerprint density at radius 2 is 1.79 bits per heavy atom. The van der Waals surface area contributed by atoms with E-state index in [1.54, 1.807) is 0 Å². The summed E-state index contributed by atoms with van der Waals surface area (Å²) in [6, 6.07) is 8.41. The molecular formula is C14H20F3NS. The lowest BCUT2D eigenvalue weighted by Crippen LogP contribution is -2.21. The topological polar surface area (TPSA) is 12.0 Å². The Labute approximate surface area is 117 Å². The molecule has 0 aliphatic rings. The van der Waals surface area contributed by atoms with Crippen LogP contribution in [0.1, 0.15) is 32.3 Å². The summed E-state index contributed by atoms with van der Waals surface area (Å²) < 4.78 is 35.9. The molecule has 5 heteroatoms. The standard InChI is InChI=1S/C14H20F3NS/c1-11(2)18-10-12-4-6-13(7-5-12)19-9-3-8-14(15,16)17/h4-7,11,18H,3,8-10H2,1-2H3. The highest BCUT2D eigenvalue weighted by Crippen LogP contribution is 2.25. The lowest BCUT2D eigenvalue weighted by atomic mass is 10.2. The molecule has 19 heavy (non-hydrogen) atoms. The first-order chi connectivity index (χ1) is 8.87. The van der Waals surface area contributed by atoms with Gasteiger partial charge in [-0.2, -0.15) is 13.2 Å². The smallest absolute Gasteiger partial charge is 0.310 e. The minimum Gasteiger partial charge on any atom is -0.310 e. The van der Waals surface area contributed by atoms with Crippen molar-refractivity contribution in [2.75, 3.05) is 5.75 Å². The lowest BCUT2D eigenvalue weighted by molar-refractivity contribution is -0.134. The van der Waals surface area contributed by atoms with E-state index in [4.69, 9.17) is 0 Å².